The Bertz CT molecular complexity index is 302. The van der Waals surface area contributed by atoms with E-state index < -0.39 is 22.3 Å². The van der Waals surface area contributed by atoms with E-state index in [-0.39, 0.29) is 12.5 Å². The molecule has 1 amide bonds. The quantitative estimate of drug-likeness (QED) is 0.628. The largest absolute Gasteiger partial charge is 0.452 e. The van der Waals surface area contributed by atoms with E-state index in [0.29, 0.717) is 6.42 Å². The van der Waals surface area contributed by atoms with Crippen LogP contribution in [0.5, 0.6) is 0 Å². The Labute approximate surface area is 99.6 Å². The number of rotatable bonds is 7. The van der Waals surface area contributed by atoms with E-state index in [2.05, 4.69) is 9.46 Å². The molecular formula is C7H15ClN2O5S. The maximum absolute atomic E-state index is 11.3. The fraction of sp³-hybridized carbons (Fsp3) is 0.857. The van der Waals surface area contributed by atoms with E-state index in [4.69, 9.17) is 16.3 Å². The van der Waals surface area contributed by atoms with E-state index in [1.54, 1.807) is 4.72 Å². The summed E-state index contributed by atoms with van der Waals surface area (Å²) in [5, 5.41) is 0. The van der Waals surface area contributed by atoms with Crippen molar-refractivity contribution in [2.45, 2.75) is 12.5 Å². The normalized spacial score (nSPS) is 13.2. The number of methoxy groups -OCH3 is 2. The van der Waals surface area contributed by atoms with Crippen molar-refractivity contribution in [1.29, 1.82) is 0 Å². The molecule has 0 spiro atoms. The summed E-state index contributed by atoms with van der Waals surface area (Å²) in [6, 6.07) is -0.496. The van der Waals surface area contributed by atoms with Gasteiger partial charge in [0.15, 0.2) is 0 Å². The van der Waals surface area contributed by atoms with Crippen molar-refractivity contribution in [1.82, 2.24) is 9.44 Å². The van der Waals surface area contributed by atoms with E-state index in [9.17, 15) is 13.2 Å². The van der Waals surface area contributed by atoms with Crippen LogP contribution in [0.2, 0.25) is 0 Å². The van der Waals surface area contributed by atoms with E-state index in [0.717, 1.165) is 7.11 Å². The average molecular weight is 275 g/mol. The van der Waals surface area contributed by atoms with Crippen LogP contribution in [0.15, 0.2) is 0 Å². The zero-order valence-corrected chi connectivity index (χ0v) is 10.6. The lowest BCUT2D eigenvalue weighted by Crippen LogP contribution is -2.46. The third-order valence-corrected chi connectivity index (χ3v) is 2.85. The Morgan fingerprint density at radius 1 is 1.44 bits per heavy atom. The molecule has 0 aromatic rings. The second kappa shape index (κ2) is 7.66. The fourth-order valence-corrected chi connectivity index (χ4v) is 2.16. The lowest BCUT2D eigenvalue weighted by molar-refractivity contribution is 0.171. The molecule has 0 aromatic heterocycles. The molecule has 0 aromatic carbocycles. The molecule has 0 radical (unpaired) electrons. The molecule has 7 nitrogen and oxygen atoms in total. The SMILES string of the molecule is COCC(CCCl)NS(=O)(=O)NC(=O)OC. The zero-order chi connectivity index (χ0) is 12.6. The molecular weight excluding hydrogens is 260 g/mol. The summed E-state index contributed by atoms with van der Waals surface area (Å²) in [6.07, 6.45) is -0.674. The molecule has 96 valence electrons. The first-order valence-electron chi connectivity index (χ1n) is 4.38. The van der Waals surface area contributed by atoms with Gasteiger partial charge in [-0.1, -0.05) is 0 Å². The number of nitrogens with one attached hydrogen (secondary N) is 2. The third-order valence-electron chi connectivity index (χ3n) is 1.55. The van der Waals surface area contributed by atoms with Crippen LogP contribution in [-0.4, -0.2) is 47.3 Å². The van der Waals surface area contributed by atoms with Gasteiger partial charge in [-0.2, -0.15) is 13.1 Å². The number of ether oxygens (including phenoxy) is 2. The van der Waals surface area contributed by atoms with Crippen LogP contribution >= 0.6 is 11.6 Å². The van der Waals surface area contributed by atoms with Gasteiger partial charge in [-0.3, -0.25) is 0 Å². The molecule has 0 aliphatic heterocycles. The number of amides is 1. The highest BCUT2D eigenvalue weighted by Crippen LogP contribution is 1.97. The maximum Gasteiger partial charge on any atom is 0.421 e. The van der Waals surface area contributed by atoms with Gasteiger partial charge in [0.05, 0.1) is 13.7 Å². The molecule has 0 bridgehead atoms. The smallest absolute Gasteiger partial charge is 0.421 e. The molecule has 1 unspecified atom stereocenters. The van der Waals surface area contributed by atoms with Gasteiger partial charge in [-0.15, -0.1) is 11.6 Å². The summed E-state index contributed by atoms with van der Waals surface area (Å²) in [5.74, 6) is 0.273. The Morgan fingerprint density at radius 3 is 2.50 bits per heavy atom. The molecule has 0 saturated carbocycles. The van der Waals surface area contributed by atoms with Crippen molar-refractivity contribution in [2.24, 2.45) is 0 Å². The topological polar surface area (TPSA) is 93.7 Å². The first-order chi connectivity index (χ1) is 7.45. The minimum Gasteiger partial charge on any atom is -0.452 e. The minimum atomic E-state index is -3.95. The van der Waals surface area contributed by atoms with Gasteiger partial charge in [0.2, 0.25) is 0 Å². The van der Waals surface area contributed by atoms with E-state index >= 15 is 0 Å². The number of halogens is 1. The highest BCUT2D eigenvalue weighted by atomic mass is 35.5. The third kappa shape index (κ3) is 6.83. The van der Waals surface area contributed by atoms with Crippen LogP contribution in [0, 0.1) is 0 Å². The van der Waals surface area contributed by atoms with Crippen molar-refractivity contribution in [2.75, 3.05) is 26.7 Å². The standard InChI is InChI=1S/C7H15ClN2O5S/c1-14-5-6(3-4-8)9-16(12,13)10-7(11)15-2/h6,9H,3-5H2,1-2H3,(H,10,11). The fourth-order valence-electron chi connectivity index (χ4n) is 0.909. The predicted octanol–water partition coefficient (Wildman–Crippen LogP) is -0.179. The van der Waals surface area contributed by atoms with Crippen LogP contribution in [0.1, 0.15) is 6.42 Å². The Hall–Kier alpha value is -0.570. The van der Waals surface area contributed by atoms with Gasteiger partial charge in [-0.25, -0.2) is 9.52 Å². The van der Waals surface area contributed by atoms with Gasteiger partial charge in [0.25, 0.3) is 0 Å². The second-order valence-electron chi connectivity index (χ2n) is 2.84. The maximum atomic E-state index is 11.3. The molecule has 0 fully saturated rings. The first kappa shape index (κ1) is 15.4. The van der Waals surface area contributed by atoms with Crippen molar-refractivity contribution in [3.63, 3.8) is 0 Å². The number of hydrogen-bond acceptors (Lipinski definition) is 5. The van der Waals surface area contributed by atoms with Crippen LogP contribution < -0.4 is 9.44 Å². The summed E-state index contributed by atoms with van der Waals surface area (Å²) in [5.41, 5.74) is 0. The van der Waals surface area contributed by atoms with Gasteiger partial charge in [0.1, 0.15) is 0 Å². The van der Waals surface area contributed by atoms with Gasteiger partial charge >= 0.3 is 16.3 Å². The van der Waals surface area contributed by atoms with Gasteiger partial charge in [-0.05, 0) is 6.42 Å². The number of hydrogen-bond donors (Lipinski definition) is 2. The summed E-state index contributed by atoms with van der Waals surface area (Å²) in [4.78, 5) is 10.7. The van der Waals surface area contributed by atoms with Crippen molar-refractivity contribution >= 4 is 27.9 Å². The summed E-state index contributed by atoms with van der Waals surface area (Å²) in [7, 11) is -1.45. The second-order valence-corrected chi connectivity index (χ2v) is 4.67. The molecule has 2 N–H and O–H groups in total. The highest BCUT2D eigenvalue weighted by molar-refractivity contribution is 7.88. The Balaban J connectivity index is 4.35. The molecule has 0 saturated heterocycles. The lowest BCUT2D eigenvalue weighted by atomic mass is 10.3. The van der Waals surface area contributed by atoms with Crippen LogP contribution in [0.25, 0.3) is 0 Å². The molecule has 0 rings (SSSR count). The highest BCUT2D eigenvalue weighted by Gasteiger charge is 2.19. The van der Waals surface area contributed by atoms with Crippen LogP contribution in [0.4, 0.5) is 4.79 Å². The molecule has 0 aliphatic rings. The van der Waals surface area contributed by atoms with Gasteiger partial charge < -0.3 is 9.47 Å². The number of carbonyl (C=O) groups excluding carboxylic acids is 1. The first-order valence-corrected chi connectivity index (χ1v) is 6.40. The lowest BCUT2D eigenvalue weighted by Gasteiger charge is -2.16. The molecule has 1 atom stereocenters. The summed E-state index contributed by atoms with van der Waals surface area (Å²) < 4.78 is 35.5. The summed E-state index contributed by atoms with van der Waals surface area (Å²) >= 11 is 5.49. The molecule has 0 aliphatic carbocycles. The number of carbonyl (C=O) groups is 1. The van der Waals surface area contributed by atoms with Crippen LogP contribution in [-0.2, 0) is 19.7 Å². The Morgan fingerprint density at radius 2 is 2.06 bits per heavy atom. The monoisotopic (exact) mass is 274 g/mol. The van der Waals surface area contributed by atoms with E-state index in [1.165, 1.54) is 7.11 Å². The average Bonchev–Trinajstić information content (AvgIpc) is 2.17. The molecule has 16 heavy (non-hydrogen) atoms. The van der Waals surface area contributed by atoms with E-state index in [1.807, 2.05) is 0 Å². The van der Waals surface area contributed by atoms with Crippen molar-refractivity contribution in [3.8, 4) is 0 Å². The molecule has 9 heteroatoms. The van der Waals surface area contributed by atoms with Crippen molar-refractivity contribution < 1.29 is 22.7 Å². The molecule has 0 heterocycles. The predicted molar refractivity (Wildman–Crippen MR) is 58.6 cm³/mol. The minimum absolute atomic E-state index is 0.162. The zero-order valence-electron chi connectivity index (χ0n) is 9.03. The number of alkyl halides is 1. The van der Waals surface area contributed by atoms with Crippen molar-refractivity contribution in [3.05, 3.63) is 0 Å². The Kier molecular flexibility index (Phi) is 7.39. The van der Waals surface area contributed by atoms with Gasteiger partial charge in [0, 0.05) is 19.0 Å². The summed E-state index contributed by atoms with van der Waals surface area (Å²) in [6.45, 7) is 0.162. The van der Waals surface area contributed by atoms with Crippen LogP contribution in [0.3, 0.4) is 0 Å².